The highest BCUT2D eigenvalue weighted by Gasteiger charge is 2.32. The second-order valence-corrected chi connectivity index (χ2v) is 19.6. The average molecular weight is 950 g/mol. The zero-order chi connectivity index (χ0) is 49.6. The van der Waals surface area contributed by atoms with E-state index in [1.807, 2.05) is 85.2 Å². The Morgan fingerprint density at radius 1 is 0.471 bits per heavy atom. The lowest BCUT2D eigenvalue weighted by molar-refractivity contribution is 0.310. The molecule has 3 aliphatic rings. The monoisotopic (exact) mass is 949 g/mol. The molecule has 0 amide bonds. The SMILES string of the molecule is CC.CC.CC.CC.CC(C)C(c1ccccc1)c1ccccc1.CC(C)C1c2ccccc2SCc2ccc3c(c21)OCCCC3.CC(C)C1c2ccccc2SCc2ccc3ccoc3c21. The number of furan rings is 1. The number of hydrogen-bond donors (Lipinski definition) is 0. The molecule has 3 aliphatic heterocycles. The van der Waals surface area contributed by atoms with Crippen molar-refractivity contribution in [1.29, 1.82) is 0 Å². The van der Waals surface area contributed by atoms with Gasteiger partial charge in [0.15, 0.2) is 0 Å². The van der Waals surface area contributed by atoms with E-state index < -0.39 is 0 Å². The van der Waals surface area contributed by atoms with Crippen molar-refractivity contribution in [3.63, 3.8) is 0 Å². The van der Waals surface area contributed by atoms with Gasteiger partial charge in [-0.05, 0) is 94.2 Å². The maximum absolute atomic E-state index is 6.29. The summed E-state index contributed by atoms with van der Waals surface area (Å²) in [6.07, 6.45) is 5.37. The summed E-state index contributed by atoms with van der Waals surface area (Å²) in [5.41, 5.74) is 14.0. The minimum absolute atomic E-state index is 0.404. The van der Waals surface area contributed by atoms with Gasteiger partial charge in [-0.25, -0.2) is 0 Å². The van der Waals surface area contributed by atoms with E-state index in [2.05, 4.69) is 181 Å². The van der Waals surface area contributed by atoms with Crippen molar-refractivity contribution in [2.45, 2.75) is 155 Å². The van der Waals surface area contributed by atoms with Crippen molar-refractivity contribution in [3.8, 4) is 5.75 Å². The van der Waals surface area contributed by atoms with Crippen LogP contribution in [0, 0.1) is 17.8 Å². The first-order valence-electron chi connectivity index (χ1n) is 26.1. The van der Waals surface area contributed by atoms with Crippen molar-refractivity contribution in [2.75, 3.05) is 6.61 Å². The van der Waals surface area contributed by atoms with Crippen LogP contribution in [-0.4, -0.2) is 6.61 Å². The molecule has 4 heterocycles. The number of hydrogen-bond acceptors (Lipinski definition) is 4. The molecule has 0 bridgehead atoms. The van der Waals surface area contributed by atoms with Gasteiger partial charge in [0.25, 0.3) is 0 Å². The minimum Gasteiger partial charge on any atom is -0.493 e. The van der Waals surface area contributed by atoms with Gasteiger partial charge >= 0.3 is 0 Å². The summed E-state index contributed by atoms with van der Waals surface area (Å²) in [7, 11) is 0. The smallest absolute Gasteiger partial charge is 0.137 e. The molecule has 0 fully saturated rings. The Hall–Kier alpha value is -4.64. The Morgan fingerprint density at radius 3 is 1.44 bits per heavy atom. The molecule has 0 N–H and O–H groups in total. The van der Waals surface area contributed by atoms with E-state index in [-0.39, 0.29) is 0 Å². The Labute approximate surface area is 422 Å². The zero-order valence-electron chi connectivity index (χ0n) is 44.2. The van der Waals surface area contributed by atoms with Crippen molar-refractivity contribution in [2.24, 2.45) is 17.8 Å². The molecule has 1 aromatic heterocycles. The lowest BCUT2D eigenvalue weighted by atomic mass is 9.79. The first-order valence-corrected chi connectivity index (χ1v) is 28.1. The number of ether oxygens (including phenoxy) is 1. The topological polar surface area (TPSA) is 22.4 Å². The number of aryl methyl sites for hydroxylation is 1. The number of thioether (sulfide) groups is 2. The number of fused-ring (bicyclic) bond motifs is 8. The summed E-state index contributed by atoms with van der Waals surface area (Å²) >= 11 is 3.92. The zero-order valence-corrected chi connectivity index (χ0v) is 45.8. The molecular weight excluding hydrogens is 865 g/mol. The predicted octanol–water partition coefficient (Wildman–Crippen LogP) is 20.2. The van der Waals surface area contributed by atoms with Crippen molar-refractivity contribution < 1.29 is 9.15 Å². The molecule has 4 heteroatoms. The Morgan fingerprint density at radius 2 is 0.926 bits per heavy atom. The van der Waals surface area contributed by atoms with Gasteiger partial charge in [0.2, 0.25) is 0 Å². The number of benzene rings is 6. The first-order chi connectivity index (χ1) is 33.3. The second-order valence-electron chi connectivity index (χ2n) is 17.5. The summed E-state index contributed by atoms with van der Waals surface area (Å²) in [6.45, 7) is 30.7. The van der Waals surface area contributed by atoms with Gasteiger partial charge in [-0.1, -0.05) is 218 Å². The van der Waals surface area contributed by atoms with Crippen molar-refractivity contribution in [1.82, 2.24) is 0 Å². The second kappa shape index (κ2) is 29.4. The molecule has 2 unspecified atom stereocenters. The summed E-state index contributed by atoms with van der Waals surface area (Å²) < 4.78 is 12.1. The van der Waals surface area contributed by atoms with E-state index in [1.54, 1.807) is 0 Å². The fraction of sp³-hybridized carbons (Fsp3) is 0.406. The van der Waals surface area contributed by atoms with Crippen LogP contribution >= 0.6 is 23.5 Å². The fourth-order valence-corrected chi connectivity index (χ4v) is 11.9. The average Bonchev–Trinajstić information content (AvgIpc) is 3.53. The normalized spacial score (nSPS) is 15.1. The molecule has 0 saturated carbocycles. The molecule has 2 atom stereocenters. The highest BCUT2D eigenvalue weighted by Crippen LogP contribution is 2.49. The molecule has 0 spiro atoms. The van der Waals surface area contributed by atoms with Gasteiger partial charge in [0.1, 0.15) is 11.3 Å². The minimum atomic E-state index is 0.404. The van der Waals surface area contributed by atoms with E-state index in [9.17, 15) is 0 Å². The lowest BCUT2D eigenvalue weighted by Crippen LogP contribution is -2.13. The van der Waals surface area contributed by atoms with Gasteiger partial charge in [-0.15, -0.1) is 23.5 Å². The first kappa shape index (κ1) is 56.0. The molecular formula is C64H84O2S2. The standard InChI is InChI=1S/C21H24OS.C19H18OS.C16H18.4C2H6/c1-14(2)19-17-8-3-4-9-18(17)23-13-16-11-10-15-7-5-6-12-22-21(15)20(16)19;1-12(2)17-15-5-3-4-6-16(15)21-11-14-8-7-13-9-10-20-19(13)18(14)17;1-13(2)16(14-9-5-3-6-10-14)15-11-7-4-8-12-15;4*1-2/h3-4,8-11,14,19H,5-7,12-13H2,1-2H3;3-10,12,17H,11H2,1-2H3;3-13,16H,1-2H3;4*1-2H3. The molecule has 0 saturated heterocycles. The molecule has 0 aliphatic carbocycles. The Kier molecular flexibility index (Phi) is 24.2. The van der Waals surface area contributed by atoms with E-state index in [1.165, 1.54) is 83.8 Å². The van der Waals surface area contributed by atoms with Crippen molar-refractivity contribution in [3.05, 3.63) is 196 Å². The largest absolute Gasteiger partial charge is 0.493 e. The molecule has 2 nitrogen and oxygen atoms in total. The Bertz CT molecular complexity index is 2440. The molecule has 10 rings (SSSR count). The van der Waals surface area contributed by atoms with Crippen LogP contribution in [0.25, 0.3) is 11.0 Å². The van der Waals surface area contributed by atoms with Crippen LogP contribution in [0.4, 0.5) is 0 Å². The van der Waals surface area contributed by atoms with Gasteiger partial charge in [0.05, 0.1) is 12.9 Å². The van der Waals surface area contributed by atoms with Gasteiger partial charge in [0, 0.05) is 55.6 Å². The van der Waals surface area contributed by atoms with Gasteiger partial charge < -0.3 is 9.15 Å². The lowest BCUT2D eigenvalue weighted by Gasteiger charge is -2.27. The fourth-order valence-electron chi connectivity index (χ4n) is 9.70. The molecule has 6 aromatic carbocycles. The van der Waals surface area contributed by atoms with Crippen LogP contribution in [0.1, 0.15) is 178 Å². The highest BCUT2D eigenvalue weighted by molar-refractivity contribution is 7.98. The van der Waals surface area contributed by atoms with Crippen LogP contribution in [0.15, 0.2) is 160 Å². The van der Waals surface area contributed by atoms with E-state index in [0.717, 1.165) is 30.1 Å². The Balaban J connectivity index is 0.000000210. The summed E-state index contributed by atoms with van der Waals surface area (Å²) in [5.74, 6) is 6.33. The third-order valence-corrected chi connectivity index (χ3v) is 14.7. The maximum atomic E-state index is 6.29. The molecule has 0 radical (unpaired) electrons. The predicted molar refractivity (Wildman–Crippen MR) is 301 cm³/mol. The van der Waals surface area contributed by atoms with Gasteiger partial charge in [-0.3, -0.25) is 0 Å². The van der Waals surface area contributed by atoms with Crippen LogP contribution in [-0.2, 0) is 17.9 Å². The van der Waals surface area contributed by atoms with E-state index >= 15 is 0 Å². The van der Waals surface area contributed by atoms with Crippen LogP contribution in [0.3, 0.4) is 0 Å². The van der Waals surface area contributed by atoms with Crippen LogP contribution in [0.2, 0.25) is 0 Å². The van der Waals surface area contributed by atoms with Crippen LogP contribution < -0.4 is 4.74 Å². The third kappa shape index (κ3) is 13.8. The van der Waals surface area contributed by atoms with E-state index in [0.29, 0.717) is 35.5 Å². The molecule has 364 valence electrons. The molecule has 68 heavy (non-hydrogen) atoms. The third-order valence-electron chi connectivity index (χ3n) is 12.4. The summed E-state index contributed by atoms with van der Waals surface area (Å²) in [6, 6.07) is 50.5. The van der Waals surface area contributed by atoms with Gasteiger partial charge in [-0.2, -0.15) is 0 Å². The number of rotatable bonds is 5. The maximum Gasteiger partial charge on any atom is 0.137 e. The van der Waals surface area contributed by atoms with E-state index in [4.69, 9.17) is 9.15 Å². The highest BCUT2D eigenvalue weighted by atomic mass is 32.2. The quantitative estimate of drug-likeness (QED) is 0.171. The molecule has 7 aromatic rings. The summed E-state index contributed by atoms with van der Waals surface area (Å²) in [5, 5.41) is 1.21. The summed E-state index contributed by atoms with van der Waals surface area (Å²) in [4.78, 5) is 2.84. The van der Waals surface area contributed by atoms with Crippen molar-refractivity contribution >= 4 is 34.5 Å². The van der Waals surface area contributed by atoms with Crippen LogP contribution in [0.5, 0.6) is 5.75 Å².